The van der Waals surface area contributed by atoms with Crippen LogP contribution in [0.15, 0.2) is 48.5 Å². The van der Waals surface area contributed by atoms with Crippen LogP contribution in [-0.4, -0.2) is 17.6 Å². The van der Waals surface area contributed by atoms with E-state index in [-0.39, 0.29) is 12.5 Å². The second-order valence-corrected chi connectivity index (χ2v) is 4.78. The fourth-order valence-electron chi connectivity index (χ4n) is 2.24. The van der Waals surface area contributed by atoms with E-state index in [0.29, 0.717) is 6.42 Å². The van der Waals surface area contributed by atoms with Gasteiger partial charge in [-0.1, -0.05) is 30.3 Å². The van der Waals surface area contributed by atoms with Gasteiger partial charge in [0.2, 0.25) is 5.91 Å². The minimum Gasteiger partial charge on any atom is -0.491 e. The van der Waals surface area contributed by atoms with Gasteiger partial charge in [0, 0.05) is 5.69 Å². The second-order valence-electron chi connectivity index (χ2n) is 4.78. The molecule has 1 unspecified atom stereocenters. The fraction of sp³-hybridized carbons (Fsp3) is 0.188. The maximum Gasteiger partial charge on any atom is 0.228 e. The average molecular weight is 269 g/mol. The molecule has 2 aromatic rings. The van der Waals surface area contributed by atoms with Crippen molar-refractivity contribution in [3.8, 4) is 5.75 Å². The average Bonchev–Trinajstić information content (AvgIpc) is 2.85. The molecule has 0 saturated heterocycles. The van der Waals surface area contributed by atoms with E-state index in [1.165, 1.54) is 0 Å². The fourth-order valence-corrected chi connectivity index (χ4v) is 2.24. The number of benzene rings is 2. The van der Waals surface area contributed by atoms with Gasteiger partial charge in [-0.15, -0.1) is 0 Å². The zero-order valence-corrected chi connectivity index (χ0v) is 10.9. The highest BCUT2D eigenvalue weighted by Crippen LogP contribution is 2.26. The number of hydrogen-bond donors (Lipinski definition) is 2. The van der Waals surface area contributed by atoms with E-state index >= 15 is 0 Å². The van der Waals surface area contributed by atoms with Gasteiger partial charge in [-0.3, -0.25) is 4.79 Å². The first-order valence-corrected chi connectivity index (χ1v) is 6.51. The second kappa shape index (κ2) is 5.35. The maximum atomic E-state index is 11.3. The number of carbonyl (C=O) groups is 1. The van der Waals surface area contributed by atoms with E-state index in [9.17, 15) is 9.90 Å². The van der Waals surface area contributed by atoms with Crippen LogP contribution in [0.3, 0.4) is 0 Å². The quantitative estimate of drug-likeness (QED) is 0.895. The third-order valence-electron chi connectivity index (χ3n) is 3.29. The van der Waals surface area contributed by atoms with Crippen molar-refractivity contribution >= 4 is 11.6 Å². The molecule has 1 aliphatic rings. The predicted octanol–water partition coefficient (Wildman–Crippen LogP) is 2.29. The molecule has 20 heavy (non-hydrogen) atoms. The zero-order valence-electron chi connectivity index (χ0n) is 10.9. The van der Waals surface area contributed by atoms with E-state index in [1.54, 1.807) is 0 Å². The molecule has 4 nitrogen and oxygen atoms in total. The number of anilines is 1. The van der Waals surface area contributed by atoms with Crippen molar-refractivity contribution in [3.63, 3.8) is 0 Å². The highest BCUT2D eigenvalue weighted by atomic mass is 16.5. The van der Waals surface area contributed by atoms with Crippen LogP contribution in [-0.2, 0) is 11.2 Å². The molecule has 2 N–H and O–H groups in total. The number of amides is 1. The molecule has 3 rings (SSSR count). The number of nitrogens with one attached hydrogen (secondary N) is 1. The maximum absolute atomic E-state index is 11.3. The normalized spacial score (nSPS) is 14.6. The smallest absolute Gasteiger partial charge is 0.228 e. The van der Waals surface area contributed by atoms with Gasteiger partial charge in [0.25, 0.3) is 0 Å². The molecule has 0 radical (unpaired) electrons. The van der Waals surface area contributed by atoms with E-state index in [4.69, 9.17) is 4.74 Å². The third-order valence-corrected chi connectivity index (χ3v) is 3.29. The molecule has 0 spiro atoms. The van der Waals surface area contributed by atoms with Crippen LogP contribution in [0.1, 0.15) is 17.2 Å². The summed E-state index contributed by atoms with van der Waals surface area (Å²) in [6.45, 7) is 0.185. The summed E-state index contributed by atoms with van der Waals surface area (Å²) in [6.07, 6.45) is -0.341. The highest BCUT2D eigenvalue weighted by Gasteiger charge is 2.19. The van der Waals surface area contributed by atoms with Gasteiger partial charge in [0.15, 0.2) is 0 Å². The molecule has 0 aromatic heterocycles. The number of ether oxygens (including phenoxy) is 1. The zero-order chi connectivity index (χ0) is 13.9. The van der Waals surface area contributed by atoms with Crippen molar-refractivity contribution in [1.29, 1.82) is 0 Å². The minimum atomic E-state index is -0.712. The van der Waals surface area contributed by atoms with E-state index in [2.05, 4.69) is 5.32 Å². The first kappa shape index (κ1) is 12.7. The number of rotatable bonds is 4. The summed E-state index contributed by atoms with van der Waals surface area (Å²) < 4.78 is 5.53. The Morgan fingerprint density at radius 1 is 1.20 bits per heavy atom. The van der Waals surface area contributed by atoms with Crippen molar-refractivity contribution in [2.45, 2.75) is 12.5 Å². The molecule has 1 aliphatic heterocycles. The van der Waals surface area contributed by atoms with Crippen LogP contribution in [0, 0.1) is 0 Å². The van der Waals surface area contributed by atoms with Gasteiger partial charge < -0.3 is 15.2 Å². The highest BCUT2D eigenvalue weighted by molar-refractivity contribution is 5.99. The van der Waals surface area contributed by atoms with Crippen molar-refractivity contribution in [3.05, 3.63) is 59.7 Å². The van der Waals surface area contributed by atoms with Crippen molar-refractivity contribution < 1.29 is 14.6 Å². The Labute approximate surface area is 117 Å². The molecule has 1 amide bonds. The molecule has 2 aromatic carbocycles. The van der Waals surface area contributed by atoms with Crippen molar-refractivity contribution in [1.82, 2.24) is 0 Å². The van der Waals surface area contributed by atoms with Crippen LogP contribution in [0.5, 0.6) is 5.75 Å². The Hall–Kier alpha value is -2.33. The molecule has 0 saturated carbocycles. The monoisotopic (exact) mass is 269 g/mol. The Morgan fingerprint density at radius 3 is 2.80 bits per heavy atom. The van der Waals surface area contributed by atoms with Gasteiger partial charge in [-0.2, -0.15) is 0 Å². The molecular formula is C16H15NO3. The van der Waals surface area contributed by atoms with Crippen molar-refractivity contribution in [2.75, 3.05) is 11.9 Å². The molecule has 0 bridgehead atoms. The molecule has 102 valence electrons. The SMILES string of the molecule is O=C1Cc2cc(C(O)COc3ccccc3)ccc2N1. The van der Waals surface area contributed by atoms with Crippen LogP contribution in [0.25, 0.3) is 0 Å². The topological polar surface area (TPSA) is 58.6 Å². The minimum absolute atomic E-state index is 0.00725. The summed E-state index contributed by atoms with van der Waals surface area (Å²) in [5.74, 6) is 0.719. The molecule has 1 heterocycles. The van der Waals surface area contributed by atoms with Crippen LogP contribution < -0.4 is 10.1 Å². The van der Waals surface area contributed by atoms with E-state index < -0.39 is 6.10 Å². The van der Waals surface area contributed by atoms with Crippen LogP contribution in [0.2, 0.25) is 0 Å². The summed E-state index contributed by atoms with van der Waals surface area (Å²) in [6, 6.07) is 14.9. The number of hydrogen-bond acceptors (Lipinski definition) is 3. The molecule has 1 atom stereocenters. The van der Waals surface area contributed by atoms with Crippen LogP contribution >= 0.6 is 0 Å². The van der Waals surface area contributed by atoms with Gasteiger partial charge in [0.05, 0.1) is 6.42 Å². The lowest BCUT2D eigenvalue weighted by Crippen LogP contribution is -2.09. The summed E-state index contributed by atoms with van der Waals surface area (Å²) in [5, 5.41) is 12.9. The number of aliphatic hydroxyl groups is 1. The van der Waals surface area contributed by atoms with E-state index in [0.717, 1.165) is 22.6 Å². The summed E-state index contributed by atoms with van der Waals surface area (Å²) in [5.41, 5.74) is 2.51. The lowest BCUT2D eigenvalue weighted by atomic mass is 10.0. The summed E-state index contributed by atoms with van der Waals surface area (Å²) >= 11 is 0. The number of para-hydroxylation sites is 1. The Balaban J connectivity index is 1.67. The number of fused-ring (bicyclic) bond motifs is 1. The van der Waals surface area contributed by atoms with Gasteiger partial charge in [0.1, 0.15) is 18.5 Å². The first-order valence-electron chi connectivity index (χ1n) is 6.51. The Morgan fingerprint density at radius 2 is 2.00 bits per heavy atom. The van der Waals surface area contributed by atoms with E-state index in [1.807, 2.05) is 48.5 Å². The molecule has 0 fully saturated rings. The lowest BCUT2D eigenvalue weighted by molar-refractivity contribution is -0.115. The Bertz CT molecular complexity index is 625. The Kier molecular flexibility index (Phi) is 3.39. The molecule has 0 aliphatic carbocycles. The predicted molar refractivity (Wildman–Crippen MR) is 75.7 cm³/mol. The van der Waals surface area contributed by atoms with Gasteiger partial charge >= 0.3 is 0 Å². The molecular weight excluding hydrogens is 254 g/mol. The first-order chi connectivity index (χ1) is 9.72. The van der Waals surface area contributed by atoms with Crippen LogP contribution in [0.4, 0.5) is 5.69 Å². The van der Waals surface area contributed by atoms with Gasteiger partial charge in [-0.25, -0.2) is 0 Å². The summed E-state index contributed by atoms with van der Waals surface area (Å²) in [7, 11) is 0. The standard InChI is InChI=1S/C16H15NO3/c18-15(10-20-13-4-2-1-3-5-13)11-6-7-14-12(8-11)9-16(19)17-14/h1-8,15,18H,9-10H2,(H,17,19). The lowest BCUT2D eigenvalue weighted by Gasteiger charge is -2.13. The van der Waals surface area contributed by atoms with Gasteiger partial charge in [-0.05, 0) is 29.3 Å². The third kappa shape index (κ3) is 2.65. The molecule has 4 heteroatoms. The van der Waals surface area contributed by atoms with Crippen molar-refractivity contribution in [2.24, 2.45) is 0 Å². The summed E-state index contributed by atoms with van der Waals surface area (Å²) in [4.78, 5) is 11.3. The largest absolute Gasteiger partial charge is 0.491 e. The number of aliphatic hydroxyl groups excluding tert-OH is 1. The number of carbonyl (C=O) groups excluding carboxylic acids is 1.